The first-order chi connectivity index (χ1) is 11.9. The van der Waals surface area contributed by atoms with E-state index < -0.39 is 17.9 Å². The Morgan fingerprint density at radius 2 is 1.88 bits per heavy atom. The van der Waals surface area contributed by atoms with Gasteiger partial charge in [0.1, 0.15) is 5.69 Å². The Hall–Kier alpha value is -3.16. The molecule has 25 heavy (non-hydrogen) atoms. The van der Waals surface area contributed by atoms with E-state index in [1.54, 1.807) is 25.1 Å². The van der Waals surface area contributed by atoms with Crippen molar-refractivity contribution in [1.29, 1.82) is 0 Å². The predicted octanol–water partition coefficient (Wildman–Crippen LogP) is 1.75. The van der Waals surface area contributed by atoms with E-state index in [4.69, 9.17) is 14.6 Å². The number of aromatic nitrogens is 2. The molecule has 0 saturated carbocycles. The van der Waals surface area contributed by atoms with E-state index in [0.717, 1.165) is 0 Å². The number of benzene rings is 1. The number of aryl methyl sites for hydroxylation is 1. The minimum atomic E-state index is -1.05. The van der Waals surface area contributed by atoms with Crippen LogP contribution in [0.3, 0.4) is 0 Å². The predicted molar refractivity (Wildman–Crippen MR) is 88.8 cm³/mol. The molecule has 0 aliphatic carbocycles. The van der Waals surface area contributed by atoms with E-state index >= 15 is 0 Å². The largest absolute Gasteiger partial charge is 0.493 e. The zero-order valence-electron chi connectivity index (χ0n) is 14.1. The van der Waals surface area contributed by atoms with Crippen molar-refractivity contribution in [2.75, 3.05) is 14.2 Å². The topological polar surface area (TPSA) is 111 Å². The van der Waals surface area contributed by atoms with E-state index in [2.05, 4.69) is 15.3 Å². The molecule has 1 aromatic carbocycles. The summed E-state index contributed by atoms with van der Waals surface area (Å²) in [6.07, 6.45) is 2.52. The first-order valence-corrected chi connectivity index (χ1v) is 7.47. The molecule has 2 N–H and O–H groups in total. The van der Waals surface area contributed by atoms with Crippen LogP contribution in [-0.4, -0.2) is 41.2 Å². The van der Waals surface area contributed by atoms with Gasteiger partial charge in [0.2, 0.25) is 0 Å². The Morgan fingerprint density at radius 1 is 1.16 bits per heavy atom. The van der Waals surface area contributed by atoms with Crippen LogP contribution >= 0.6 is 0 Å². The summed E-state index contributed by atoms with van der Waals surface area (Å²) < 4.78 is 10.4. The molecule has 0 radical (unpaired) electrons. The quantitative estimate of drug-likeness (QED) is 0.786. The molecule has 132 valence electrons. The van der Waals surface area contributed by atoms with Crippen molar-refractivity contribution in [3.63, 3.8) is 0 Å². The highest BCUT2D eigenvalue weighted by molar-refractivity contribution is 5.92. The molecular formula is C17H19N3O5. The number of carboxylic acids is 1. The van der Waals surface area contributed by atoms with Crippen LogP contribution in [0.15, 0.2) is 30.6 Å². The van der Waals surface area contributed by atoms with Crippen molar-refractivity contribution in [2.45, 2.75) is 19.4 Å². The van der Waals surface area contributed by atoms with Gasteiger partial charge < -0.3 is 19.9 Å². The SMILES string of the molecule is COc1ccc([C@H](CC(=O)O)NC(=O)c2cnc(C)cn2)cc1OC. The van der Waals surface area contributed by atoms with Crippen molar-refractivity contribution < 1.29 is 24.2 Å². The molecule has 0 spiro atoms. The molecule has 0 saturated heterocycles. The second-order valence-corrected chi connectivity index (χ2v) is 5.28. The summed E-state index contributed by atoms with van der Waals surface area (Å²) in [5.74, 6) is -0.598. The van der Waals surface area contributed by atoms with Crippen LogP contribution in [0.1, 0.15) is 34.2 Å². The maximum absolute atomic E-state index is 12.3. The molecule has 1 amide bonds. The highest BCUT2D eigenvalue weighted by Crippen LogP contribution is 2.31. The summed E-state index contributed by atoms with van der Waals surface area (Å²) in [6, 6.07) is 4.21. The molecule has 0 unspecified atom stereocenters. The molecule has 1 heterocycles. The summed E-state index contributed by atoms with van der Waals surface area (Å²) in [6.45, 7) is 1.76. The van der Waals surface area contributed by atoms with Crippen LogP contribution in [0, 0.1) is 6.92 Å². The minimum Gasteiger partial charge on any atom is -0.493 e. The lowest BCUT2D eigenvalue weighted by Gasteiger charge is -2.19. The fourth-order valence-electron chi connectivity index (χ4n) is 2.24. The number of rotatable bonds is 7. The highest BCUT2D eigenvalue weighted by atomic mass is 16.5. The van der Waals surface area contributed by atoms with Gasteiger partial charge in [-0.3, -0.25) is 14.6 Å². The van der Waals surface area contributed by atoms with Crippen molar-refractivity contribution in [2.24, 2.45) is 0 Å². The maximum atomic E-state index is 12.3. The zero-order chi connectivity index (χ0) is 18.4. The lowest BCUT2D eigenvalue weighted by Crippen LogP contribution is -2.31. The molecule has 1 aromatic heterocycles. The molecule has 0 fully saturated rings. The Kier molecular flexibility index (Phi) is 5.89. The summed E-state index contributed by atoms with van der Waals surface area (Å²) >= 11 is 0. The molecule has 0 bridgehead atoms. The van der Waals surface area contributed by atoms with Crippen molar-refractivity contribution in [3.05, 3.63) is 47.5 Å². The fraction of sp³-hybridized carbons (Fsp3) is 0.294. The zero-order valence-corrected chi connectivity index (χ0v) is 14.1. The number of amides is 1. The van der Waals surface area contributed by atoms with Crippen LogP contribution in [0.4, 0.5) is 0 Å². The number of aliphatic carboxylic acids is 1. The number of carbonyl (C=O) groups excluding carboxylic acids is 1. The monoisotopic (exact) mass is 345 g/mol. The third kappa shape index (κ3) is 4.66. The molecule has 8 heteroatoms. The first-order valence-electron chi connectivity index (χ1n) is 7.47. The molecule has 1 atom stereocenters. The molecule has 0 aliphatic heterocycles. The summed E-state index contributed by atoms with van der Waals surface area (Å²) in [4.78, 5) is 31.5. The molecular weight excluding hydrogens is 326 g/mol. The normalized spacial score (nSPS) is 11.5. The maximum Gasteiger partial charge on any atom is 0.305 e. The number of carboxylic acid groups (broad SMARTS) is 1. The van der Waals surface area contributed by atoms with Crippen LogP contribution in [-0.2, 0) is 4.79 Å². The molecule has 2 rings (SSSR count). The number of carbonyl (C=O) groups is 2. The Balaban J connectivity index is 2.28. The van der Waals surface area contributed by atoms with E-state index in [9.17, 15) is 9.59 Å². The smallest absolute Gasteiger partial charge is 0.305 e. The average molecular weight is 345 g/mol. The number of hydrogen-bond donors (Lipinski definition) is 2. The Bertz CT molecular complexity index is 761. The van der Waals surface area contributed by atoms with E-state index in [-0.39, 0.29) is 12.1 Å². The number of methoxy groups -OCH3 is 2. The van der Waals surface area contributed by atoms with E-state index in [0.29, 0.717) is 22.8 Å². The first kappa shape index (κ1) is 18.2. The van der Waals surface area contributed by atoms with Gasteiger partial charge in [0.05, 0.1) is 38.6 Å². The lowest BCUT2D eigenvalue weighted by molar-refractivity contribution is -0.137. The minimum absolute atomic E-state index is 0.112. The van der Waals surface area contributed by atoms with Gasteiger partial charge in [-0.15, -0.1) is 0 Å². The standard InChI is InChI=1S/C17H19N3O5/c1-10-8-19-13(9-18-10)17(23)20-12(7-16(21)22)11-4-5-14(24-2)15(6-11)25-3/h4-6,8-9,12H,7H2,1-3H3,(H,20,23)(H,21,22)/t12-/m0/s1. The Morgan fingerprint density at radius 3 is 2.44 bits per heavy atom. The van der Waals surface area contributed by atoms with Gasteiger partial charge in [0.15, 0.2) is 11.5 Å². The third-order valence-corrected chi connectivity index (χ3v) is 3.51. The van der Waals surface area contributed by atoms with Crippen LogP contribution in [0.2, 0.25) is 0 Å². The van der Waals surface area contributed by atoms with Crippen molar-refractivity contribution >= 4 is 11.9 Å². The fourth-order valence-corrected chi connectivity index (χ4v) is 2.24. The van der Waals surface area contributed by atoms with Gasteiger partial charge in [-0.2, -0.15) is 0 Å². The molecule has 2 aromatic rings. The summed E-state index contributed by atoms with van der Waals surface area (Å²) in [5.41, 5.74) is 1.37. The lowest BCUT2D eigenvalue weighted by atomic mass is 10.0. The van der Waals surface area contributed by atoms with Crippen LogP contribution in [0.25, 0.3) is 0 Å². The van der Waals surface area contributed by atoms with Gasteiger partial charge in [-0.05, 0) is 24.6 Å². The number of nitrogens with one attached hydrogen (secondary N) is 1. The van der Waals surface area contributed by atoms with Gasteiger partial charge in [-0.25, -0.2) is 4.98 Å². The van der Waals surface area contributed by atoms with Gasteiger partial charge >= 0.3 is 5.97 Å². The van der Waals surface area contributed by atoms with E-state index in [1.807, 2.05) is 0 Å². The van der Waals surface area contributed by atoms with Gasteiger partial charge in [-0.1, -0.05) is 6.07 Å². The Labute approximate surface area is 144 Å². The second-order valence-electron chi connectivity index (χ2n) is 5.28. The number of hydrogen-bond acceptors (Lipinski definition) is 6. The van der Waals surface area contributed by atoms with Gasteiger partial charge in [0, 0.05) is 6.20 Å². The van der Waals surface area contributed by atoms with Crippen molar-refractivity contribution in [1.82, 2.24) is 15.3 Å². The molecule has 0 aliphatic rings. The highest BCUT2D eigenvalue weighted by Gasteiger charge is 2.21. The van der Waals surface area contributed by atoms with E-state index in [1.165, 1.54) is 26.6 Å². The summed E-state index contributed by atoms with van der Waals surface area (Å²) in [5, 5.41) is 11.8. The number of nitrogens with zero attached hydrogens (tertiary/aromatic N) is 2. The van der Waals surface area contributed by atoms with Crippen molar-refractivity contribution in [3.8, 4) is 11.5 Å². The third-order valence-electron chi connectivity index (χ3n) is 3.51. The van der Waals surface area contributed by atoms with Crippen LogP contribution < -0.4 is 14.8 Å². The summed E-state index contributed by atoms with van der Waals surface area (Å²) in [7, 11) is 2.98. The second kappa shape index (κ2) is 8.09. The van der Waals surface area contributed by atoms with Gasteiger partial charge in [0.25, 0.3) is 5.91 Å². The van der Waals surface area contributed by atoms with Crippen LogP contribution in [0.5, 0.6) is 11.5 Å². The average Bonchev–Trinajstić information content (AvgIpc) is 2.60. The molecule has 8 nitrogen and oxygen atoms in total. The number of ether oxygens (including phenoxy) is 2.